The minimum Gasteiger partial charge on any atom is -0.481 e. The van der Waals surface area contributed by atoms with E-state index in [1.54, 1.807) is 0 Å². The molecule has 1 N–H and O–H groups in total. The fourth-order valence-corrected chi connectivity index (χ4v) is 4.76. The van der Waals surface area contributed by atoms with Crippen LogP contribution in [0, 0.1) is 5.92 Å². The molecule has 0 heterocycles. The van der Waals surface area contributed by atoms with Crippen molar-refractivity contribution in [3.8, 4) is 0 Å². The molecule has 0 aliphatic rings. The maximum atomic E-state index is 11.6. The lowest BCUT2D eigenvalue weighted by molar-refractivity contribution is -0.151. The molecule has 1 unspecified atom stereocenters. The Kier molecular flexibility index (Phi) is 26.8. The summed E-state index contributed by atoms with van der Waals surface area (Å²) in [5.74, 6) is -1.98. The van der Waals surface area contributed by atoms with Crippen molar-refractivity contribution in [3.63, 3.8) is 0 Å². The third-order valence-corrected chi connectivity index (χ3v) is 7.09. The minimum atomic E-state index is -0.901. The van der Waals surface area contributed by atoms with Crippen LogP contribution < -0.4 is 0 Å². The zero-order valence-electron chi connectivity index (χ0n) is 23.5. The van der Waals surface area contributed by atoms with Gasteiger partial charge in [0.25, 0.3) is 0 Å². The standard InChI is InChI=1S/C32H58O4/c1-3-5-6-7-8-9-10-11-12-13-14-15-16-17-18-19-20-21-22-23-24-25-26-27-30(32(34)35)29-31(33)36-28-4-2/h3-4,30H,1-2,5-29H2,(H,34,35). The first kappa shape index (κ1) is 34.4. The number of allylic oxidation sites excluding steroid dienone is 1. The molecule has 0 rings (SSSR count). The third kappa shape index (κ3) is 25.5. The van der Waals surface area contributed by atoms with Crippen molar-refractivity contribution < 1.29 is 19.4 Å². The van der Waals surface area contributed by atoms with Gasteiger partial charge in [0, 0.05) is 0 Å². The van der Waals surface area contributed by atoms with Gasteiger partial charge in [-0.2, -0.15) is 0 Å². The van der Waals surface area contributed by atoms with Gasteiger partial charge >= 0.3 is 11.9 Å². The number of ether oxygens (including phenoxy) is 1. The number of hydrogen-bond acceptors (Lipinski definition) is 3. The van der Waals surface area contributed by atoms with E-state index >= 15 is 0 Å². The van der Waals surface area contributed by atoms with Crippen molar-refractivity contribution >= 4 is 11.9 Å². The molecule has 0 amide bonds. The smallest absolute Gasteiger partial charge is 0.307 e. The summed E-state index contributed by atoms with van der Waals surface area (Å²) in [6.07, 6.45) is 33.1. The van der Waals surface area contributed by atoms with Crippen LogP contribution in [0.3, 0.4) is 0 Å². The molecular weight excluding hydrogens is 448 g/mol. The molecule has 0 spiro atoms. The van der Waals surface area contributed by atoms with Gasteiger partial charge in [0.15, 0.2) is 0 Å². The number of carbonyl (C=O) groups excluding carboxylic acids is 1. The molecule has 0 fully saturated rings. The summed E-state index contributed by atoms with van der Waals surface area (Å²) >= 11 is 0. The van der Waals surface area contributed by atoms with Crippen LogP contribution in [-0.4, -0.2) is 23.7 Å². The van der Waals surface area contributed by atoms with Crippen molar-refractivity contribution in [1.82, 2.24) is 0 Å². The number of carboxylic acid groups (broad SMARTS) is 1. The monoisotopic (exact) mass is 506 g/mol. The Morgan fingerprint density at radius 3 is 1.28 bits per heavy atom. The molecule has 0 saturated heterocycles. The van der Waals surface area contributed by atoms with Gasteiger partial charge in [-0.3, -0.25) is 9.59 Å². The molecule has 0 radical (unpaired) electrons. The molecule has 0 aromatic rings. The maximum absolute atomic E-state index is 11.6. The summed E-state index contributed by atoms with van der Waals surface area (Å²) < 4.78 is 4.90. The molecule has 0 aliphatic carbocycles. The Morgan fingerprint density at radius 1 is 0.583 bits per heavy atom. The van der Waals surface area contributed by atoms with Crippen LogP contribution in [0.4, 0.5) is 0 Å². The van der Waals surface area contributed by atoms with E-state index in [4.69, 9.17) is 4.74 Å². The molecule has 0 saturated carbocycles. The fourth-order valence-electron chi connectivity index (χ4n) is 4.76. The quantitative estimate of drug-likeness (QED) is 0.0622. The van der Waals surface area contributed by atoms with Crippen molar-refractivity contribution in [2.24, 2.45) is 5.92 Å². The summed E-state index contributed by atoms with van der Waals surface area (Å²) in [4.78, 5) is 22.9. The summed E-state index contributed by atoms with van der Waals surface area (Å²) in [7, 11) is 0. The number of aliphatic carboxylic acids is 1. The molecule has 0 aromatic carbocycles. The van der Waals surface area contributed by atoms with Crippen LogP contribution in [0.5, 0.6) is 0 Å². The molecule has 0 bridgehead atoms. The number of esters is 1. The average Bonchev–Trinajstić information content (AvgIpc) is 2.87. The molecule has 36 heavy (non-hydrogen) atoms. The lowest BCUT2D eigenvalue weighted by Gasteiger charge is -2.11. The van der Waals surface area contributed by atoms with E-state index in [-0.39, 0.29) is 13.0 Å². The number of rotatable bonds is 29. The van der Waals surface area contributed by atoms with Crippen molar-refractivity contribution in [2.45, 2.75) is 154 Å². The number of carbonyl (C=O) groups is 2. The topological polar surface area (TPSA) is 63.6 Å². The third-order valence-electron chi connectivity index (χ3n) is 7.09. The van der Waals surface area contributed by atoms with Gasteiger partial charge in [0.05, 0.1) is 12.3 Å². The predicted octanol–water partition coefficient (Wildman–Crippen LogP) is 9.96. The second-order valence-electron chi connectivity index (χ2n) is 10.5. The highest BCUT2D eigenvalue weighted by Gasteiger charge is 2.21. The Balaban J connectivity index is 3.31. The Bertz CT molecular complexity index is 528. The first-order valence-electron chi connectivity index (χ1n) is 15.2. The average molecular weight is 507 g/mol. The van der Waals surface area contributed by atoms with Crippen molar-refractivity contribution in [1.29, 1.82) is 0 Å². The highest BCUT2D eigenvalue weighted by Crippen LogP contribution is 2.18. The summed E-state index contributed by atoms with van der Waals surface area (Å²) in [6, 6.07) is 0. The van der Waals surface area contributed by atoms with Crippen LogP contribution in [-0.2, 0) is 14.3 Å². The molecule has 4 nitrogen and oxygen atoms in total. The number of unbranched alkanes of at least 4 members (excludes halogenated alkanes) is 21. The van der Waals surface area contributed by atoms with Crippen molar-refractivity contribution in [2.75, 3.05) is 6.61 Å². The zero-order valence-corrected chi connectivity index (χ0v) is 23.5. The Morgan fingerprint density at radius 2 is 0.944 bits per heavy atom. The molecule has 4 heteroatoms. The summed E-state index contributed by atoms with van der Waals surface area (Å²) in [6.45, 7) is 7.41. The fraction of sp³-hybridized carbons (Fsp3) is 0.812. The van der Waals surface area contributed by atoms with E-state index in [0.717, 1.165) is 19.3 Å². The van der Waals surface area contributed by atoms with Crippen LogP contribution in [0.25, 0.3) is 0 Å². The van der Waals surface area contributed by atoms with Gasteiger partial charge in [-0.15, -0.1) is 6.58 Å². The van der Waals surface area contributed by atoms with E-state index in [9.17, 15) is 14.7 Å². The van der Waals surface area contributed by atoms with Gasteiger partial charge in [0.1, 0.15) is 6.61 Å². The first-order valence-corrected chi connectivity index (χ1v) is 15.2. The van der Waals surface area contributed by atoms with Gasteiger partial charge in [0.2, 0.25) is 0 Å². The van der Waals surface area contributed by atoms with Gasteiger partial charge < -0.3 is 9.84 Å². The number of hydrogen-bond donors (Lipinski definition) is 1. The van der Waals surface area contributed by atoms with Gasteiger partial charge in [-0.1, -0.05) is 147 Å². The van der Waals surface area contributed by atoms with E-state index < -0.39 is 17.9 Å². The Hall–Kier alpha value is -1.58. The summed E-state index contributed by atoms with van der Waals surface area (Å²) in [5.41, 5.74) is 0. The molecule has 0 aliphatic heterocycles. The lowest BCUT2D eigenvalue weighted by Crippen LogP contribution is -2.19. The number of carboxylic acids is 1. The van der Waals surface area contributed by atoms with Gasteiger partial charge in [-0.25, -0.2) is 0 Å². The highest BCUT2D eigenvalue weighted by molar-refractivity contribution is 5.78. The largest absolute Gasteiger partial charge is 0.481 e. The minimum absolute atomic E-state index is 0.0413. The normalized spacial score (nSPS) is 11.8. The van der Waals surface area contributed by atoms with Crippen LogP contribution in [0.15, 0.2) is 25.3 Å². The lowest BCUT2D eigenvalue weighted by atomic mass is 9.97. The maximum Gasteiger partial charge on any atom is 0.307 e. The first-order chi connectivity index (χ1) is 17.6. The van der Waals surface area contributed by atoms with Crippen LogP contribution >= 0.6 is 0 Å². The predicted molar refractivity (Wildman–Crippen MR) is 153 cm³/mol. The molecule has 0 aromatic heterocycles. The van der Waals surface area contributed by atoms with E-state index in [0.29, 0.717) is 6.42 Å². The molecular formula is C32H58O4. The van der Waals surface area contributed by atoms with Gasteiger partial charge in [-0.05, 0) is 19.3 Å². The van der Waals surface area contributed by atoms with Crippen LogP contribution in [0.1, 0.15) is 154 Å². The second kappa shape index (κ2) is 28.0. The Labute approximate surface area is 223 Å². The zero-order chi connectivity index (χ0) is 26.5. The van der Waals surface area contributed by atoms with Crippen LogP contribution in [0.2, 0.25) is 0 Å². The SMILES string of the molecule is C=CCCCCCCCCCCCCCCCCCCCCCCCC(CC(=O)OCC=C)C(=O)O. The van der Waals surface area contributed by atoms with E-state index in [1.165, 1.54) is 128 Å². The van der Waals surface area contributed by atoms with E-state index in [1.807, 2.05) is 6.08 Å². The van der Waals surface area contributed by atoms with E-state index in [2.05, 4.69) is 13.2 Å². The second-order valence-corrected chi connectivity index (χ2v) is 10.5. The summed E-state index contributed by atoms with van der Waals surface area (Å²) in [5, 5.41) is 9.30. The molecule has 210 valence electrons. The highest BCUT2D eigenvalue weighted by atomic mass is 16.5. The van der Waals surface area contributed by atoms with Crippen molar-refractivity contribution in [3.05, 3.63) is 25.3 Å². The molecule has 1 atom stereocenters.